The van der Waals surface area contributed by atoms with Crippen molar-refractivity contribution in [2.24, 2.45) is 5.41 Å². The Hall–Kier alpha value is -2.04. The van der Waals surface area contributed by atoms with Crippen LogP contribution in [0.4, 0.5) is 0 Å². The molecule has 1 rings (SSSR count). The van der Waals surface area contributed by atoms with Crippen molar-refractivity contribution in [2.45, 2.75) is 39.7 Å². The van der Waals surface area contributed by atoms with Crippen molar-refractivity contribution in [3.05, 3.63) is 0 Å². The van der Waals surface area contributed by atoms with Gasteiger partial charge in [0.15, 0.2) is 5.78 Å². The molecule has 0 aromatic heterocycles. The van der Waals surface area contributed by atoms with Gasteiger partial charge >= 0.3 is 17.9 Å². The molecule has 0 aromatic rings. The molecule has 10 heteroatoms. The maximum atomic E-state index is 12.5. The summed E-state index contributed by atoms with van der Waals surface area (Å²) in [5.41, 5.74) is -0.510. The Morgan fingerprint density at radius 2 is 1.28 bits per heavy atom. The molecule has 166 valence electrons. The van der Waals surface area contributed by atoms with E-state index in [1.807, 2.05) is 25.7 Å². The first-order valence-electron chi connectivity index (χ1n) is 9.78. The lowest BCUT2D eigenvalue weighted by atomic mass is 9.90. The highest BCUT2D eigenvalue weighted by molar-refractivity contribution is 5.85. The number of carboxylic acid groups (broad SMARTS) is 3. The van der Waals surface area contributed by atoms with Gasteiger partial charge in [-0.05, 0) is 6.42 Å². The highest BCUT2D eigenvalue weighted by atomic mass is 16.4. The fourth-order valence-corrected chi connectivity index (χ4v) is 3.14. The zero-order chi connectivity index (χ0) is 22.2. The van der Waals surface area contributed by atoms with Crippen LogP contribution in [0.15, 0.2) is 0 Å². The smallest absolute Gasteiger partial charge is 0.320 e. The standard InChI is InChI=1S/C19H33N3O7/c1-19(2,3)15(23)12-20-6-7-21(13-17(26)27)9-11-22(10-8-20)14(18(28)29)4-5-16(24)25/h14H,4-13H2,1-3H3,(H,24,25)(H,26,27)(H,28,29). The fourth-order valence-electron chi connectivity index (χ4n) is 3.14. The minimum atomic E-state index is -1.10. The maximum absolute atomic E-state index is 12.5. The first-order chi connectivity index (χ1) is 13.4. The van der Waals surface area contributed by atoms with Crippen molar-refractivity contribution in [3.8, 4) is 0 Å². The van der Waals surface area contributed by atoms with Crippen molar-refractivity contribution in [2.75, 3.05) is 52.4 Å². The van der Waals surface area contributed by atoms with Crippen molar-refractivity contribution in [1.29, 1.82) is 0 Å². The molecule has 0 radical (unpaired) electrons. The lowest BCUT2D eigenvalue weighted by Gasteiger charge is -2.31. The molecular formula is C19H33N3O7. The third-order valence-corrected chi connectivity index (χ3v) is 5.06. The summed E-state index contributed by atoms with van der Waals surface area (Å²) < 4.78 is 0. The van der Waals surface area contributed by atoms with Gasteiger partial charge in [-0.3, -0.25) is 33.9 Å². The first kappa shape index (κ1) is 25.0. The number of nitrogens with zero attached hydrogens (tertiary/aromatic N) is 3. The van der Waals surface area contributed by atoms with Crippen LogP contribution in [0, 0.1) is 5.41 Å². The molecule has 0 aromatic carbocycles. The average molecular weight is 415 g/mol. The van der Waals surface area contributed by atoms with E-state index in [4.69, 9.17) is 10.2 Å². The topological polar surface area (TPSA) is 139 Å². The lowest BCUT2D eigenvalue weighted by molar-refractivity contribution is -0.145. The Kier molecular flexibility index (Phi) is 9.67. The minimum absolute atomic E-state index is 0.0372. The molecule has 1 unspecified atom stereocenters. The van der Waals surface area contributed by atoms with E-state index in [0.29, 0.717) is 39.3 Å². The number of carbonyl (C=O) groups excluding carboxylic acids is 1. The van der Waals surface area contributed by atoms with Crippen LogP contribution in [0.1, 0.15) is 33.6 Å². The molecule has 10 nitrogen and oxygen atoms in total. The van der Waals surface area contributed by atoms with Crippen molar-refractivity contribution in [3.63, 3.8) is 0 Å². The predicted molar refractivity (Wildman–Crippen MR) is 105 cm³/mol. The quantitative estimate of drug-likeness (QED) is 0.469. The monoisotopic (exact) mass is 415 g/mol. The molecule has 1 aliphatic heterocycles. The molecule has 3 N–H and O–H groups in total. The van der Waals surface area contributed by atoms with Gasteiger partial charge in [0.05, 0.1) is 13.1 Å². The number of carboxylic acids is 3. The highest BCUT2D eigenvalue weighted by Crippen LogP contribution is 2.16. The molecular weight excluding hydrogens is 382 g/mol. The van der Waals surface area contributed by atoms with E-state index in [1.54, 1.807) is 9.80 Å². The van der Waals surface area contributed by atoms with Crippen LogP contribution in [-0.4, -0.2) is 112 Å². The molecule has 0 bridgehead atoms. The Balaban J connectivity index is 2.97. The summed E-state index contributed by atoms with van der Waals surface area (Å²) in [5, 5.41) is 27.6. The Bertz CT molecular complexity index is 603. The highest BCUT2D eigenvalue weighted by Gasteiger charge is 2.30. The SMILES string of the molecule is CC(C)(C)C(=O)CN1CCN(CC(=O)O)CCN(C(CCC(=O)O)C(=O)O)CC1. The Labute approximate surface area is 171 Å². The molecule has 1 atom stereocenters. The maximum Gasteiger partial charge on any atom is 0.320 e. The molecule has 0 spiro atoms. The molecule has 1 saturated heterocycles. The molecule has 0 amide bonds. The van der Waals surface area contributed by atoms with E-state index >= 15 is 0 Å². The number of hydrogen-bond donors (Lipinski definition) is 3. The fraction of sp³-hybridized carbons (Fsp3) is 0.789. The average Bonchev–Trinajstić information content (AvgIpc) is 2.66. The third-order valence-electron chi connectivity index (χ3n) is 5.06. The lowest BCUT2D eigenvalue weighted by Crippen LogP contribution is -2.47. The first-order valence-corrected chi connectivity index (χ1v) is 9.78. The number of hydrogen-bond acceptors (Lipinski definition) is 7. The van der Waals surface area contributed by atoms with Gasteiger partial charge in [-0.1, -0.05) is 20.8 Å². The molecule has 1 aliphatic rings. The summed E-state index contributed by atoms with van der Waals surface area (Å²) in [4.78, 5) is 51.6. The molecule has 1 fully saturated rings. The summed E-state index contributed by atoms with van der Waals surface area (Å²) in [6.45, 7) is 7.93. The van der Waals surface area contributed by atoms with E-state index in [1.165, 1.54) is 0 Å². The third kappa shape index (κ3) is 9.33. The summed E-state index contributed by atoms with van der Waals surface area (Å²) >= 11 is 0. The van der Waals surface area contributed by atoms with Crippen LogP contribution in [-0.2, 0) is 19.2 Å². The van der Waals surface area contributed by atoms with Crippen molar-refractivity contribution in [1.82, 2.24) is 14.7 Å². The second kappa shape index (κ2) is 11.2. The van der Waals surface area contributed by atoms with Crippen molar-refractivity contribution >= 4 is 23.7 Å². The van der Waals surface area contributed by atoms with E-state index in [2.05, 4.69) is 0 Å². The molecule has 0 saturated carbocycles. The molecule has 1 heterocycles. The van der Waals surface area contributed by atoms with E-state index in [9.17, 15) is 24.3 Å². The van der Waals surface area contributed by atoms with E-state index < -0.39 is 29.4 Å². The van der Waals surface area contributed by atoms with E-state index in [-0.39, 0.29) is 31.7 Å². The van der Waals surface area contributed by atoms with Gasteiger partial charge in [0.25, 0.3) is 0 Å². The zero-order valence-corrected chi connectivity index (χ0v) is 17.5. The zero-order valence-electron chi connectivity index (χ0n) is 17.5. The summed E-state index contributed by atoms with van der Waals surface area (Å²) in [6, 6.07) is -0.976. The van der Waals surface area contributed by atoms with Crippen LogP contribution in [0.5, 0.6) is 0 Å². The second-order valence-corrected chi connectivity index (χ2v) is 8.44. The van der Waals surface area contributed by atoms with Crippen LogP contribution >= 0.6 is 0 Å². The number of aliphatic carboxylic acids is 3. The van der Waals surface area contributed by atoms with Gasteiger partial charge in [0.2, 0.25) is 0 Å². The van der Waals surface area contributed by atoms with Crippen molar-refractivity contribution < 1.29 is 34.5 Å². The predicted octanol–water partition coefficient (Wildman–Crippen LogP) is -0.0762. The number of rotatable bonds is 9. The Morgan fingerprint density at radius 3 is 1.69 bits per heavy atom. The number of ketones is 1. The second-order valence-electron chi connectivity index (χ2n) is 8.44. The van der Waals surface area contributed by atoms with Gasteiger partial charge in [-0.15, -0.1) is 0 Å². The summed E-state index contributed by atoms with van der Waals surface area (Å²) in [5.74, 6) is -3.10. The van der Waals surface area contributed by atoms with Crippen LogP contribution in [0.25, 0.3) is 0 Å². The van der Waals surface area contributed by atoms with Gasteiger partial charge in [0.1, 0.15) is 6.04 Å². The van der Waals surface area contributed by atoms with Gasteiger partial charge in [-0.25, -0.2) is 0 Å². The molecule has 29 heavy (non-hydrogen) atoms. The minimum Gasteiger partial charge on any atom is -0.481 e. The van der Waals surface area contributed by atoms with Crippen LogP contribution < -0.4 is 0 Å². The normalized spacial score (nSPS) is 19.0. The number of Topliss-reactive ketones (excluding diaryl/α,β-unsaturated/α-hetero) is 1. The molecule has 0 aliphatic carbocycles. The summed E-state index contributed by atoms with van der Waals surface area (Å²) in [7, 11) is 0. The summed E-state index contributed by atoms with van der Waals surface area (Å²) in [6.07, 6.45) is -0.303. The van der Waals surface area contributed by atoms with Crippen LogP contribution in [0.3, 0.4) is 0 Å². The van der Waals surface area contributed by atoms with Gasteiger partial charge in [0, 0.05) is 51.1 Å². The van der Waals surface area contributed by atoms with E-state index in [0.717, 1.165) is 0 Å². The van der Waals surface area contributed by atoms with Gasteiger partial charge < -0.3 is 15.3 Å². The van der Waals surface area contributed by atoms with Gasteiger partial charge in [-0.2, -0.15) is 0 Å². The van der Waals surface area contributed by atoms with Crippen LogP contribution in [0.2, 0.25) is 0 Å². The Morgan fingerprint density at radius 1 is 0.793 bits per heavy atom. The largest absolute Gasteiger partial charge is 0.481 e. The number of carbonyl (C=O) groups is 4.